The summed E-state index contributed by atoms with van der Waals surface area (Å²) in [5.74, 6) is -0.219. The zero-order valence-electron chi connectivity index (χ0n) is 14.1. The van der Waals surface area contributed by atoms with Crippen LogP contribution in [0.3, 0.4) is 0 Å². The van der Waals surface area contributed by atoms with Crippen LogP contribution in [0.1, 0.15) is 5.56 Å². The molecule has 10 heteroatoms. The lowest BCUT2D eigenvalue weighted by molar-refractivity contribution is -0.137. The zero-order valence-corrected chi connectivity index (χ0v) is 14.1. The molecule has 0 N–H and O–H groups in total. The molecule has 0 aliphatic carbocycles. The van der Waals surface area contributed by atoms with E-state index in [0.29, 0.717) is 31.9 Å². The second-order valence-electron chi connectivity index (χ2n) is 6.08. The third kappa shape index (κ3) is 3.73. The summed E-state index contributed by atoms with van der Waals surface area (Å²) in [7, 11) is 1.50. The van der Waals surface area contributed by atoms with E-state index < -0.39 is 11.7 Å². The molecule has 1 fully saturated rings. The number of aryl methyl sites for hydroxylation is 1. The number of amides is 1. The summed E-state index contributed by atoms with van der Waals surface area (Å²) in [6.45, 7) is 1.51. The number of benzene rings is 1. The van der Waals surface area contributed by atoms with Crippen LogP contribution < -0.4 is 10.6 Å². The largest absolute Gasteiger partial charge is 0.416 e. The van der Waals surface area contributed by atoms with E-state index in [1.54, 1.807) is 11.0 Å². The minimum atomic E-state index is -4.38. The van der Waals surface area contributed by atoms with E-state index in [1.165, 1.54) is 24.0 Å². The summed E-state index contributed by atoms with van der Waals surface area (Å²) in [5, 5.41) is 3.79. The molecule has 1 aromatic carbocycles. The lowest BCUT2D eigenvalue weighted by atomic mass is 10.1. The van der Waals surface area contributed by atoms with Crippen LogP contribution in [-0.2, 0) is 24.6 Å². The first-order valence-corrected chi connectivity index (χ1v) is 8.04. The van der Waals surface area contributed by atoms with Crippen molar-refractivity contribution in [3.63, 3.8) is 0 Å². The van der Waals surface area contributed by atoms with Crippen molar-refractivity contribution in [3.05, 3.63) is 46.6 Å². The maximum absolute atomic E-state index is 12.8. The first-order chi connectivity index (χ1) is 12.3. The Bertz CT molecular complexity index is 850. The molecule has 1 saturated heterocycles. The van der Waals surface area contributed by atoms with Gasteiger partial charge in [-0.15, -0.1) is 0 Å². The van der Waals surface area contributed by atoms with Crippen molar-refractivity contribution in [1.82, 2.24) is 19.2 Å². The normalized spacial score (nSPS) is 15.4. The Labute approximate surface area is 147 Å². The number of alkyl halides is 3. The van der Waals surface area contributed by atoms with Gasteiger partial charge in [-0.3, -0.25) is 9.36 Å². The van der Waals surface area contributed by atoms with Crippen LogP contribution in [0.15, 0.2) is 35.4 Å². The van der Waals surface area contributed by atoms with Crippen molar-refractivity contribution >= 4 is 11.6 Å². The Balaban J connectivity index is 1.61. The van der Waals surface area contributed by atoms with E-state index in [1.807, 2.05) is 4.90 Å². The van der Waals surface area contributed by atoms with Gasteiger partial charge in [0.15, 0.2) is 0 Å². The fraction of sp³-hybridized carbons (Fsp3) is 0.438. The molecule has 0 saturated carbocycles. The van der Waals surface area contributed by atoms with Gasteiger partial charge in [0.1, 0.15) is 12.9 Å². The van der Waals surface area contributed by atoms with E-state index in [-0.39, 0.29) is 18.1 Å². The molecule has 0 radical (unpaired) electrons. The van der Waals surface area contributed by atoms with Gasteiger partial charge in [-0.05, 0) is 18.2 Å². The number of carbonyl (C=O) groups excluding carboxylic acids is 1. The van der Waals surface area contributed by atoms with Gasteiger partial charge in [-0.2, -0.15) is 18.3 Å². The molecule has 1 aromatic heterocycles. The summed E-state index contributed by atoms with van der Waals surface area (Å²) in [4.78, 5) is 27.5. The average molecular weight is 369 g/mol. The molecule has 0 bridgehead atoms. The highest BCUT2D eigenvalue weighted by Crippen LogP contribution is 2.31. The van der Waals surface area contributed by atoms with E-state index in [9.17, 15) is 22.8 Å². The maximum atomic E-state index is 12.8. The molecule has 1 aliphatic heterocycles. The molecule has 140 valence electrons. The number of piperazine rings is 1. The highest BCUT2D eigenvalue weighted by atomic mass is 19.4. The van der Waals surface area contributed by atoms with Crippen molar-refractivity contribution in [1.29, 1.82) is 0 Å². The monoisotopic (exact) mass is 369 g/mol. The summed E-state index contributed by atoms with van der Waals surface area (Å²) in [5.41, 5.74) is -0.583. The molecule has 0 atom stereocenters. The Morgan fingerprint density at radius 2 is 1.88 bits per heavy atom. The SMILES string of the molecule is Cn1ncn(CC(=O)N2CCN(c3cccc(C(F)(F)F)c3)CC2)c1=O. The molecule has 0 spiro atoms. The molecular weight excluding hydrogens is 351 g/mol. The summed E-state index contributed by atoms with van der Waals surface area (Å²) in [6, 6.07) is 5.16. The Morgan fingerprint density at radius 3 is 2.46 bits per heavy atom. The summed E-state index contributed by atoms with van der Waals surface area (Å²) >= 11 is 0. The molecule has 2 heterocycles. The number of carbonyl (C=O) groups is 1. The van der Waals surface area contributed by atoms with Gasteiger partial charge in [0.2, 0.25) is 5.91 Å². The molecule has 0 unspecified atom stereocenters. The minimum absolute atomic E-state index is 0.101. The van der Waals surface area contributed by atoms with Gasteiger partial charge in [-0.1, -0.05) is 6.07 Å². The van der Waals surface area contributed by atoms with Crippen LogP contribution in [0.4, 0.5) is 18.9 Å². The molecule has 7 nitrogen and oxygen atoms in total. The van der Waals surface area contributed by atoms with Gasteiger partial charge >= 0.3 is 11.9 Å². The quantitative estimate of drug-likeness (QED) is 0.808. The maximum Gasteiger partial charge on any atom is 0.416 e. The molecule has 1 aliphatic rings. The first-order valence-electron chi connectivity index (χ1n) is 8.04. The number of rotatable bonds is 3. The van der Waals surface area contributed by atoms with Crippen LogP contribution >= 0.6 is 0 Å². The van der Waals surface area contributed by atoms with Crippen LogP contribution in [-0.4, -0.2) is 51.3 Å². The van der Waals surface area contributed by atoms with E-state index >= 15 is 0 Å². The minimum Gasteiger partial charge on any atom is -0.368 e. The Hall–Kier alpha value is -2.78. The van der Waals surface area contributed by atoms with Crippen molar-refractivity contribution in [2.75, 3.05) is 31.1 Å². The molecule has 1 amide bonds. The van der Waals surface area contributed by atoms with Crippen LogP contribution in [0.5, 0.6) is 0 Å². The van der Waals surface area contributed by atoms with Crippen LogP contribution in [0, 0.1) is 0 Å². The predicted molar refractivity (Wildman–Crippen MR) is 87.7 cm³/mol. The topological polar surface area (TPSA) is 63.4 Å². The van der Waals surface area contributed by atoms with Crippen molar-refractivity contribution in [3.8, 4) is 0 Å². The summed E-state index contributed by atoms with van der Waals surface area (Å²) in [6.07, 6.45) is -3.08. The predicted octanol–water partition coefficient (Wildman–Crippen LogP) is 0.949. The lowest BCUT2D eigenvalue weighted by Crippen LogP contribution is -2.50. The number of nitrogens with zero attached hydrogens (tertiary/aromatic N) is 5. The number of aromatic nitrogens is 3. The molecule has 26 heavy (non-hydrogen) atoms. The lowest BCUT2D eigenvalue weighted by Gasteiger charge is -2.36. The van der Waals surface area contributed by atoms with Crippen LogP contribution in [0.2, 0.25) is 0 Å². The first kappa shape index (κ1) is 18.0. The molecule has 3 rings (SSSR count). The second kappa shape index (κ2) is 6.85. The van der Waals surface area contributed by atoms with E-state index in [0.717, 1.165) is 16.8 Å². The van der Waals surface area contributed by atoms with Gasteiger partial charge in [-0.25, -0.2) is 9.48 Å². The van der Waals surface area contributed by atoms with Gasteiger partial charge in [0.25, 0.3) is 0 Å². The van der Waals surface area contributed by atoms with Crippen LogP contribution in [0.25, 0.3) is 0 Å². The average Bonchev–Trinajstić information content (AvgIpc) is 2.93. The van der Waals surface area contributed by atoms with Crippen molar-refractivity contribution in [2.45, 2.75) is 12.7 Å². The standard InChI is InChI=1S/C16H18F3N5O2/c1-21-15(26)24(11-20-21)10-14(25)23-7-5-22(6-8-23)13-4-2-3-12(9-13)16(17,18)19/h2-4,9,11H,5-8,10H2,1H3. The van der Waals surface area contributed by atoms with Crippen molar-refractivity contribution in [2.24, 2.45) is 7.05 Å². The number of hydrogen-bond donors (Lipinski definition) is 0. The van der Waals surface area contributed by atoms with Gasteiger partial charge < -0.3 is 9.80 Å². The van der Waals surface area contributed by atoms with E-state index in [2.05, 4.69) is 5.10 Å². The fourth-order valence-electron chi connectivity index (χ4n) is 2.87. The smallest absolute Gasteiger partial charge is 0.368 e. The molecule has 2 aromatic rings. The highest BCUT2D eigenvalue weighted by molar-refractivity contribution is 5.76. The Kier molecular flexibility index (Phi) is 4.75. The second-order valence-corrected chi connectivity index (χ2v) is 6.08. The number of anilines is 1. The third-order valence-corrected chi connectivity index (χ3v) is 4.36. The summed E-state index contributed by atoms with van der Waals surface area (Å²) < 4.78 is 40.9. The van der Waals surface area contributed by atoms with Gasteiger partial charge in [0.05, 0.1) is 5.56 Å². The Morgan fingerprint density at radius 1 is 1.19 bits per heavy atom. The van der Waals surface area contributed by atoms with Crippen molar-refractivity contribution < 1.29 is 18.0 Å². The van der Waals surface area contributed by atoms with Gasteiger partial charge in [0, 0.05) is 38.9 Å². The number of halogens is 3. The number of hydrogen-bond acceptors (Lipinski definition) is 4. The highest BCUT2D eigenvalue weighted by Gasteiger charge is 2.31. The molecular formula is C16H18F3N5O2. The fourth-order valence-corrected chi connectivity index (χ4v) is 2.87. The van der Waals surface area contributed by atoms with E-state index in [4.69, 9.17) is 0 Å². The zero-order chi connectivity index (χ0) is 18.9. The third-order valence-electron chi connectivity index (χ3n) is 4.36.